The second-order valence-corrected chi connectivity index (χ2v) is 15.8. The quantitative estimate of drug-likeness (QED) is 0.0271. The van der Waals surface area contributed by atoms with Gasteiger partial charge in [0.2, 0.25) is 0 Å². The number of hydrogen-bond donors (Lipinski definition) is 4. The second-order valence-electron chi connectivity index (χ2n) is 15.8. The fraction of sp³-hybridized carbons (Fsp3) is 0.740. The van der Waals surface area contributed by atoms with Gasteiger partial charge in [0.15, 0.2) is 6.29 Å². The third-order valence-electron chi connectivity index (χ3n) is 10.4. The van der Waals surface area contributed by atoms with Gasteiger partial charge in [-0.2, -0.15) is 0 Å². The summed E-state index contributed by atoms with van der Waals surface area (Å²) in [4.78, 5) is 12.8. The van der Waals surface area contributed by atoms with Crippen molar-refractivity contribution >= 4 is 5.97 Å². The number of carbonyl (C=O) groups is 1. The zero-order valence-electron chi connectivity index (χ0n) is 37.2. The Morgan fingerprint density at radius 1 is 0.559 bits per heavy atom. The number of aliphatic hydroxyl groups is 4. The molecule has 340 valence electrons. The van der Waals surface area contributed by atoms with Crippen LogP contribution in [0, 0.1) is 0 Å². The Labute approximate surface area is 359 Å². The molecule has 6 unspecified atom stereocenters. The number of hydrogen-bond acceptors (Lipinski definition) is 9. The maximum absolute atomic E-state index is 12.8. The monoisotopic (exact) mass is 831 g/mol. The van der Waals surface area contributed by atoms with E-state index in [1.54, 1.807) is 0 Å². The van der Waals surface area contributed by atoms with Crippen LogP contribution in [-0.2, 0) is 23.7 Å². The van der Waals surface area contributed by atoms with E-state index in [-0.39, 0.29) is 19.2 Å². The Bertz CT molecular complexity index is 1130. The minimum atomic E-state index is -1.55. The summed E-state index contributed by atoms with van der Waals surface area (Å²) in [6.45, 7) is 4.37. The number of rotatable bonds is 39. The van der Waals surface area contributed by atoms with Crippen LogP contribution in [-0.4, -0.2) is 89.6 Å². The molecule has 0 bridgehead atoms. The van der Waals surface area contributed by atoms with Gasteiger partial charge in [0.05, 0.1) is 19.8 Å². The van der Waals surface area contributed by atoms with Gasteiger partial charge in [0.1, 0.15) is 30.5 Å². The van der Waals surface area contributed by atoms with Gasteiger partial charge in [-0.25, -0.2) is 0 Å². The molecule has 1 saturated heterocycles. The molecule has 0 spiro atoms. The van der Waals surface area contributed by atoms with Gasteiger partial charge in [-0.15, -0.1) is 0 Å². The van der Waals surface area contributed by atoms with Crippen molar-refractivity contribution in [3.8, 4) is 0 Å². The second kappa shape index (κ2) is 41.0. The highest BCUT2D eigenvalue weighted by atomic mass is 16.7. The molecule has 0 aliphatic carbocycles. The van der Waals surface area contributed by atoms with Gasteiger partial charge in [0, 0.05) is 13.0 Å². The summed E-state index contributed by atoms with van der Waals surface area (Å²) in [5, 5.41) is 40.2. The molecule has 9 heteroatoms. The van der Waals surface area contributed by atoms with Gasteiger partial charge < -0.3 is 39.4 Å². The molecule has 1 aliphatic heterocycles. The number of esters is 1. The lowest BCUT2D eigenvalue weighted by Crippen LogP contribution is -2.59. The predicted octanol–water partition coefficient (Wildman–Crippen LogP) is 10.9. The minimum absolute atomic E-state index is 0.125. The van der Waals surface area contributed by atoms with Crippen molar-refractivity contribution in [3.63, 3.8) is 0 Å². The molecule has 1 rings (SSSR count). The lowest BCUT2D eigenvalue weighted by molar-refractivity contribution is -0.305. The average molecular weight is 831 g/mol. The van der Waals surface area contributed by atoms with Crippen molar-refractivity contribution in [1.82, 2.24) is 0 Å². The molecule has 9 nitrogen and oxygen atoms in total. The van der Waals surface area contributed by atoms with Crippen molar-refractivity contribution in [1.29, 1.82) is 0 Å². The number of carbonyl (C=O) groups excluding carboxylic acids is 1. The molecular formula is C50H86O9. The van der Waals surface area contributed by atoms with Gasteiger partial charge in [-0.3, -0.25) is 4.79 Å². The first kappa shape index (κ1) is 54.6. The Hall–Kier alpha value is -2.37. The van der Waals surface area contributed by atoms with E-state index in [9.17, 15) is 25.2 Å². The molecule has 0 saturated carbocycles. The molecular weight excluding hydrogens is 745 g/mol. The molecule has 0 radical (unpaired) electrons. The molecule has 0 aromatic rings. The van der Waals surface area contributed by atoms with Gasteiger partial charge >= 0.3 is 5.97 Å². The van der Waals surface area contributed by atoms with Crippen LogP contribution in [0.1, 0.15) is 174 Å². The first-order chi connectivity index (χ1) is 28.9. The maximum atomic E-state index is 12.8. The van der Waals surface area contributed by atoms with Crippen LogP contribution in [0.15, 0.2) is 72.9 Å². The summed E-state index contributed by atoms with van der Waals surface area (Å²) in [5.41, 5.74) is 0. The molecule has 1 aliphatic rings. The fourth-order valence-corrected chi connectivity index (χ4v) is 6.69. The van der Waals surface area contributed by atoms with Crippen LogP contribution in [0.25, 0.3) is 0 Å². The Balaban J connectivity index is 2.28. The standard InChI is InChI=1S/C50H86O9/c1-3-5-7-9-11-13-15-17-19-21-23-25-27-29-31-33-35-37-39-46(52)58-44(43-57-50-49(55)48(54)47(53)45(41-51)59-50)42-56-40-38-36-34-32-30-28-26-24-22-20-18-16-14-12-10-8-6-4-2/h6,8,12-15,18-21,24,26,44-45,47-51,53-55H,3-5,7,9-11,16-17,22-23,25,27-43H2,1-2H3/b8-6-,14-12-,15-13-,20-18-,21-19-,26-24-. The topological polar surface area (TPSA) is 135 Å². The molecule has 0 amide bonds. The molecule has 1 heterocycles. The first-order valence-corrected chi connectivity index (χ1v) is 23.5. The van der Waals surface area contributed by atoms with E-state index in [1.165, 1.54) is 57.8 Å². The number of aliphatic hydroxyl groups excluding tert-OH is 4. The molecule has 6 atom stereocenters. The van der Waals surface area contributed by atoms with Crippen LogP contribution < -0.4 is 0 Å². The van der Waals surface area contributed by atoms with E-state index < -0.39 is 43.4 Å². The third kappa shape index (κ3) is 32.1. The third-order valence-corrected chi connectivity index (χ3v) is 10.4. The molecule has 0 aromatic carbocycles. The van der Waals surface area contributed by atoms with E-state index in [1.807, 2.05) is 0 Å². The molecule has 59 heavy (non-hydrogen) atoms. The van der Waals surface area contributed by atoms with E-state index in [0.29, 0.717) is 13.0 Å². The van der Waals surface area contributed by atoms with Gasteiger partial charge in [-0.05, 0) is 83.5 Å². The van der Waals surface area contributed by atoms with Crippen LogP contribution in [0.4, 0.5) is 0 Å². The number of allylic oxidation sites excluding steroid dienone is 12. The zero-order chi connectivity index (χ0) is 42.9. The lowest BCUT2D eigenvalue weighted by Gasteiger charge is -2.39. The SMILES string of the molecule is CC/C=C\C/C=C\C/C=C\C/C=C\CCCCCCCOCC(COC1OC(CO)C(O)C(O)C1O)OC(=O)CCCCCCCCC/C=C\C/C=C\CCCCCC. The summed E-state index contributed by atoms with van der Waals surface area (Å²) in [5.74, 6) is -0.331. The molecule has 1 fully saturated rings. The maximum Gasteiger partial charge on any atom is 0.306 e. The van der Waals surface area contributed by atoms with Crippen LogP contribution in [0.5, 0.6) is 0 Å². The van der Waals surface area contributed by atoms with Crippen molar-refractivity contribution in [2.75, 3.05) is 26.4 Å². The van der Waals surface area contributed by atoms with Crippen molar-refractivity contribution in [2.24, 2.45) is 0 Å². The molecule has 4 N–H and O–H groups in total. The molecule has 0 aromatic heterocycles. The predicted molar refractivity (Wildman–Crippen MR) is 242 cm³/mol. The smallest absolute Gasteiger partial charge is 0.306 e. The number of ether oxygens (including phenoxy) is 4. The van der Waals surface area contributed by atoms with E-state index in [4.69, 9.17) is 18.9 Å². The Morgan fingerprint density at radius 3 is 1.56 bits per heavy atom. The highest BCUT2D eigenvalue weighted by molar-refractivity contribution is 5.69. The summed E-state index contributed by atoms with van der Waals surface area (Å²) in [6, 6.07) is 0. The van der Waals surface area contributed by atoms with Crippen LogP contribution >= 0.6 is 0 Å². The van der Waals surface area contributed by atoms with E-state index in [2.05, 4.69) is 86.8 Å². The average Bonchev–Trinajstić information content (AvgIpc) is 3.24. The minimum Gasteiger partial charge on any atom is -0.457 e. The van der Waals surface area contributed by atoms with Crippen LogP contribution in [0.2, 0.25) is 0 Å². The van der Waals surface area contributed by atoms with Crippen molar-refractivity contribution in [2.45, 2.75) is 211 Å². The van der Waals surface area contributed by atoms with E-state index in [0.717, 1.165) is 96.3 Å². The summed E-state index contributed by atoms with van der Waals surface area (Å²) < 4.78 is 22.8. The fourth-order valence-electron chi connectivity index (χ4n) is 6.69. The highest BCUT2D eigenvalue weighted by Gasteiger charge is 2.44. The number of unbranched alkanes of at least 4 members (excludes halogenated alkanes) is 16. The summed E-state index contributed by atoms with van der Waals surface area (Å²) >= 11 is 0. The van der Waals surface area contributed by atoms with Crippen LogP contribution in [0.3, 0.4) is 0 Å². The van der Waals surface area contributed by atoms with E-state index >= 15 is 0 Å². The highest BCUT2D eigenvalue weighted by Crippen LogP contribution is 2.22. The largest absolute Gasteiger partial charge is 0.457 e. The summed E-state index contributed by atoms with van der Waals surface area (Å²) in [7, 11) is 0. The van der Waals surface area contributed by atoms with Crippen molar-refractivity contribution < 1.29 is 44.2 Å². The lowest BCUT2D eigenvalue weighted by atomic mass is 9.99. The Morgan fingerprint density at radius 2 is 1.03 bits per heavy atom. The Kier molecular flexibility index (Phi) is 38.0. The summed E-state index contributed by atoms with van der Waals surface area (Å²) in [6.07, 6.45) is 46.4. The zero-order valence-corrected chi connectivity index (χ0v) is 37.2. The normalized spacial score (nSPS) is 20.8. The first-order valence-electron chi connectivity index (χ1n) is 23.5. The van der Waals surface area contributed by atoms with Gasteiger partial charge in [-0.1, -0.05) is 157 Å². The van der Waals surface area contributed by atoms with Gasteiger partial charge in [0.25, 0.3) is 0 Å². The van der Waals surface area contributed by atoms with Crippen molar-refractivity contribution in [3.05, 3.63) is 72.9 Å².